The second-order valence-corrected chi connectivity index (χ2v) is 5.74. The van der Waals surface area contributed by atoms with E-state index >= 15 is 0 Å². The van der Waals surface area contributed by atoms with Crippen molar-refractivity contribution < 1.29 is 9.90 Å². The molecule has 110 valence electrons. The smallest absolute Gasteiger partial charge is 0.328 e. The highest BCUT2D eigenvalue weighted by molar-refractivity contribution is 6.33. The molecule has 2 aromatic carbocycles. The minimum atomic E-state index is -1.32. The fourth-order valence-electron chi connectivity index (χ4n) is 2.04. The highest BCUT2D eigenvalue weighted by atomic mass is 35.5. The maximum absolute atomic E-state index is 11.7. The third kappa shape index (κ3) is 3.56. The van der Waals surface area contributed by atoms with Crippen LogP contribution in [0.15, 0.2) is 48.5 Å². The lowest BCUT2D eigenvalue weighted by molar-refractivity contribution is -0.144. The molecule has 0 aliphatic rings. The van der Waals surface area contributed by atoms with E-state index < -0.39 is 11.5 Å². The summed E-state index contributed by atoms with van der Waals surface area (Å²) in [7, 11) is 0. The third-order valence-corrected chi connectivity index (χ3v) is 3.95. The molecule has 21 heavy (non-hydrogen) atoms. The van der Waals surface area contributed by atoms with Gasteiger partial charge in [-0.05, 0) is 30.7 Å². The molecule has 2 rings (SSSR count). The Hall–Kier alpha value is -1.55. The van der Waals surface area contributed by atoms with Crippen molar-refractivity contribution in [3.8, 4) is 0 Å². The topological polar surface area (TPSA) is 49.3 Å². The average molecular weight is 324 g/mol. The van der Waals surface area contributed by atoms with E-state index in [0.29, 0.717) is 22.2 Å². The Morgan fingerprint density at radius 3 is 2.48 bits per heavy atom. The van der Waals surface area contributed by atoms with Gasteiger partial charge in [0.1, 0.15) is 5.54 Å². The number of benzene rings is 2. The van der Waals surface area contributed by atoms with Crippen LogP contribution in [0.2, 0.25) is 10.0 Å². The zero-order chi connectivity index (χ0) is 15.5. The fraction of sp³-hybridized carbons (Fsp3) is 0.188. The summed E-state index contributed by atoms with van der Waals surface area (Å²) >= 11 is 12.1. The number of carboxylic acid groups (broad SMARTS) is 1. The minimum absolute atomic E-state index is 0.366. The molecule has 0 saturated heterocycles. The van der Waals surface area contributed by atoms with Crippen LogP contribution in [0.4, 0.5) is 0 Å². The van der Waals surface area contributed by atoms with Gasteiger partial charge in [0.25, 0.3) is 0 Å². The predicted molar refractivity (Wildman–Crippen MR) is 84.7 cm³/mol. The van der Waals surface area contributed by atoms with Crippen LogP contribution in [0.1, 0.15) is 18.1 Å². The molecule has 0 aromatic heterocycles. The van der Waals surface area contributed by atoms with Gasteiger partial charge >= 0.3 is 5.97 Å². The van der Waals surface area contributed by atoms with Crippen molar-refractivity contribution in [2.24, 2.45) is 0 Å². The van der Waals surface area contributed by atoms with Crippen molar-refractivity contribution in [2.75, 3.05) is 0 Å². The Morgan fingerprint density at radius 2 is 1.86 bits per heavy atom. The van der Waals surface area contributed by atoms with Gasteiger partial charge in [-0.3, -0.25) is 5.32 Å². The molecule has 0 bridgehead atoms. The summed E-state index contributed by atoms with van der Waals surface area (Å²) in [5, 5.41) is 13.5. The Balaban J connectivity index is 2.32. The Bertz CT molecular complexity index is 646. The molecule has 0 aliphatic carbocycles. The highest BCUT2D eigenvalue weighted by Gasteiger charge is 2.36. The van der Waals surface area contributed by atoms with Crippen molar-refractivity contribution in [3.05, 3.63) is 69.7 Å². The molecule has 1 unspecified atom stereocenters. The van der Waals surface area contributed by atoms with Gasteiger partial charge < -0.3 is 5.11 Å². The molecule has 0 fully saturated rings. The number of aliphatic carboxylic acids is 1. The van der Waals surface area contributed by atoms with Gasteiger partial charge in [-0.2, -0.15) is 0 Å². The Morgan fingerprint density at radius 1 is 1.19 bits per heavy atom. The summed E-state index contributed by atoms with van der Waals surface area (Å²) in [4.78, 5) is 11.7. The maximum atomic E-state index is 11.7. The van der Waals surface area contributed by atoms with Gasteiger partial charge in [0.2, 0.25) is 0 Å². The summed E-state index contributed by atoms with van der Waals surface area (Å²) in [6, 6.07) is 14.4. The number of nitrogens with one attached hydrogen (secondary N) is 1. The van der Waals surface area contributed by atoms with E-state index in [0.717, 1.165) is 5.56 Å². The highest BCUT2D eigenvalue weighted by Crippen LogP contribution is 2.31. The van der Waals surface area contributed by atoms with Crippen molar-refractivity contribution in [1.29, 1.82) is 0 Å². The minimum Gasteiger partial charge on any atom is -0.480 e. The van der Waals surface area contributed by atoms with E-state index in [9.17, 15) is 9.90 Å². The third-order valence-electron chi connectivity index (χ3n) is 3.38. The lowest BCUT2D eigenvalue weighted by Gasteiger charge is -2.28. The quantitative estimate of drug-likeness (QED) is 0.871. The predicted octanol–water partition coefficient (Wildman–Crippen LogP) is 4.08. The number of carbonyl (C=O) groups is 1. The van der Waals surface area contributed by atoms with Gasteiger partial charge in [-0.25, -0.2) is 4.79 Å². The standard InChI is InChI=1S/C16H15Cl2NO2/c1-16(15(20)21,13-9-12(17)7-8-14(13)18)19-10-11-5-3-2-4-6-11/h2-9,19H,10H2,1H3,(H,20,21). The van der Waals surface area contributed by atoms with E-state index in [1.54, 1.807) is 25.1 Å². The first kappa shape index (κ1) is 15.8. The molecule has 0 spiro atoms. The first-order valence-electron chi connectivity index (χ1n) is 6.41. The van der Waals surface area contributed by atoms with Crippen molar-refractivity contribution >= 4 is 29.2 Å². The molecule has 0 heterocycles. The molecular formula is C16H15Cl2NO2. The van der Waals surface area contributed by atoms with Crippen molar-refractivity contribution in [1.82, 2.24) is 5.32 Å². The van der Waals surface area contributed by atoms with Crippen LogP contribution >= 0.6 is 23.2 Å². The van der Waals surface area contributed by atoms with Crippen LogP contribution < -0.4 is 5.32 Å². The van der Waals surface area contributed by atoms with Gasteiger partial charge in [-0.1, -0.05) is 53.5 Å². The summed E-state index contributed by atoms with van der Waals surface area (Å²) in [5.74, 6) is -1.01. The molecule has 2 aromatic rings. The molecule has 3 nitrogen and oxygen atoms in total. The summed E-state index contributed by atoms with van der Waals surface area (Å²) in [5.41, 5.74) is 0.112. The van der Waals surface area contributed by atoms with Crippen LogP contribution in [0.25, 0.3) is 0 Å². The van der Waals surface area contributed by atoms with Crippen LogP contribution in [-0.2, 0) is 16.9 Å². The SMILES string of the molecule is CC(NCc1ccccc1)(C(=O)O)c1cc(Cl)ccc1Cl. The number of carboxylic acids is 1. The molecule has 1 atom stereocenters. The molecule has 2 N–H and O–H groups in total. The van der Waals surface area contributed by atoms with Crippen molar-refractivity contribution in [2.45, 2.75) is 19.0 Å². The monoisotopic (exact) mass is 323 g/mol. The normalized spacial score (nSPS) is 13.7. The molecule has 0 radical (unpaired) electrons. The molecule has 0 amide bonds. The molecule has 0 saturated carbocycles. The summed E-state index contributed by atoms with van der Waals surface area (Å²) in [6.45, 7) is 1.99. The van der Waals surface area contributed by atoms with E-state index in [1.807, 2.05) is 30.3 Å². The van der Waals surface area contributed by atoms with Crippen molar-refractivity contribution in [3.63, 3.8) is 0 Å². The zero-order valence-corrected chi connectivity index (χ0v) is 12.9. The van der Waals surface area contributed by atoms with E-state index in [-0.39, 0.29) is 0 Å². The van der Waals surface area contributed by atoms with Crippen LogP contribution in [0.3, 0.4) is 0 Å². The Kier molecular flexibility index (Phi) is 4.88. The summed E-state index contributed by atoms with van der Waals surface area (Å²) < 4.78 is 0. The lowest BCUT2D eigenvalue weighted by atomic mass is 9.91. The lowest BCUT2D eigenvalue weighted by Crippen LogP contribution is -2.46. The van der Waals surface area contributed by atoms with Crippen LogP contribution in [0, 0.1) is 0 Å². The first-order chi connectivity index (χ1) is 9.93. The molecule has 0 aliphatic heterocycles. The van der Waals surface area contributed by atoms with Gasteiger partial charge in [-0.15, -0.1) is 0 Å². The van der Waals surface area contributed by atoms with Gasteiger partial charge in [0, 0.05) is 22.2 Å². The van der Waals surface area contributed by atoms with Crippen LogP contribution in [-0.4, -0.2) is 11.1 Å². The van der Waals surface area contributed by atoms with E-state index in [2.05, 4.69) is 5.32 Å². The molecule has 5 heteroatoms. The molecular weight excluding hydrogens is 309 g/mol. The number of hydrogen-bond acceptors (Lipinski definition) is 2. The number of rotatable bonds is 5. The van der Waals surface area contributed by atoms with E-state index in [1.165, 1.54) is 0 Å². The largest absolute Gasteiger partial charge is 0.480 e. The first-order valence-corrected chi connectivity index (χ1v) is 7.17. The average Bonchev–Trinajstić information content (AvgIpc) is 2.48. The number of hydrogen-bond donors (Lipinski definition) is 2. The van der Waals surface area contributed by atoms with Gasteiger partial charge in [0.15, 0.2) is 0 Å². The van der Waals surface area contributed by atoms with E-state index in [4.69, 9.17) is 23.2 Å². The Labute approximate surface area is 133 Å². The van der Waals surface area contributed by atoms with Gasteiger partial charge in [0.05, 0.1) is 0 Å². The fourth-order valence-corrected chi connectivity index (χ4v) is 2.52. The second-order valence-electron chi connectivity index (χ2n) is 4.89. The number of halogens is 2. The maximum Gasteiger partial charge on any atom is 0.328 e. The summed E-state index contributed by atoms with van der Waals surface area (Å²) in [6.07, 6.45) is 0. The second kappa shape index (κ2) is 6.48. The van der Waals surface area contributed by atoms with Crippen LogP contribution in [0.5, 0.6) is 0 Å². The zero-order valence-electron chi connectivity index (χ0n) is 11.4.